The maximum Gasteiger partial charge on any atom is 0.134 e. The topological polar surface area (TPSA) is 68.3 Å². The Kier molecular flexibility index (Phi) is 3.59. The van der Waals surface area contributed by atoms with Crippen molar-refractivity contribution >= 4 is 32.6 Å². The van der Waals surface area contributed by atoms with Crippen LogP contribution in [0.3, 0.4) is 0 Å². The van der Waals surface area contributed by atoms with E-state index in [4.69, 9.17) is 0 Å². The summed E-state index contributed by atoms with van der Waals surface area (Å²) in [6.07, 6.45) is -1.11. The van der Waals surface area contributed by atoms with Gasteiger partial charge in [-0.05, 0) is 23.6 Å². The van der Waals surface area contributed by atoms with E-state index in [9.17, 15) is 14.6 Å². The van der Waals surface area contributed by atoms with Gasteiger partial charge in [-0.25, -0.2) is 4.39 Å². The lowest BCUT2D eigenvalue weighted by Gasteiger charge is -2.15. The molecule has 0 aliphatic rings. The average molecular weight is 324 g/mol. The predicted molar refractivity (Wildman–Crippen MR) is 93.9 cm³/mol. The van der Waals surface area contributed by atoms with Crippen molar-refractivity contribution in [2.24, 2.45) is 0 Å². The van der Waals surface area contributed by atoms with Crippen molar-refractivity contribution < 1.29 is 14.6 Å². The number of phenols is 1. The minimum Gasteiger partial charge on any atom is -0.507 e. The van der Waals surface area contributed by atoms with E-state index in [1.54, 1.807) is 12.1 Å². The second kappa shape index (κ2) is 5.78. The molecule has 3 aromatic carbocycles. The number of halogens is 1. The summed E-state index contributed by atoms with van der Waals surface area (Å²) in [5.41, 5.74) is 2.32. The summed E-state index contributed by atoms with van der Waals surface area (Å²) < 4.78 is 12.3. The number of alkyl halides is 1. The van der Waals surface area contributed by atoms with Gasteiger partial charge in [-0.15, -0.1) is 0 Å². The third-order valence-corrected chi connectivity index (χ3v) is 4.37. The molecule has 5 heteroatoms. The first-order chi connectivity index (χ1) is 11.7. The Morgan fingerprint density at radius 2 is 1.88 bits per heavy atom. The monoisotopic (exact) mass is 324 g/mol. The fraction of sp³-hybridized carbons (Fsp3) is 0.158. The van der Waals surface area contributed by atoms with E-state index in [0.29, 0.717) is 5.56 Å². The number of aliphatic hydroxyl groups is 1. The Morgan fingerprint density at radius 3 is 2.71 bits per heavy atom. The third-order valence-electron chi connectivity index (χ3n) is 4.37. The van der Waals surface area contributed by atoms with Crippen molar-refractivity contribution in [2.45, 2.75) is 6.23 Å². The second-order valence-corrected chi connectivity index (χ2v) is 5.84. The molecule has 0 saturated carbocycles. The number of phenolic OH excluding ortho intramolecular Hbond substituents is 1. The molecule has 0 fully saturated rings. The van der Waals surface area contributed by atoms with Gasteiger partial charge in [0.15, 0.2) is 0 Å². The highest BCUT2D eigenvalue weighted by molar-refractivity contribution is 6.17. The van der Waals surface area contributed by atoms with Crippen molar-refractivity contribution in [1.29, 1.82) is 0 Å². The summed E-state index contributed by atoms with van der Waals surface area (Å²) in [6.45, 7) is -0.555. The Morgan fingerprint density at radius 1 is 1.04 bits per heavy atom. The molecule has 4 nitrogen and oxygen atoms in total. The highest BCUT2D eigenvalue weighted by Crippen LogP contribution is 2.35. The molecule has 24 heavy (non-hydrogen) atoms. The molecular formula is C19H17FN2O2. The molecule has 0 radical (unpaired) electrons. The maximum absolute atomic E-state index is 12.3. The summed E-state index contributed by atoms with van der Waals surface area (Å²) in [6, 6.07) is 15.4. The molecule has 0 aliphatic heterocycles. The Hall–Kier alpha value is -2.63. The number of aromatic hydroxyl groups is 1. The fourth-order valence-corrected chi connectivity index (χ4v) is 3.22. The van der Waals surface area contributed by atoms with E-state index in [2.05, 4.69) is 16.4 Å². The molecule has 0 saturated heterocycles. The molecule has 0 spiro atoms. The Balaban J connectivity index is 1.92. The minimum atomic E-state index is -1.11. The second-order valence-electron chi connectivity index (χ2n) is 5.84. The number of hydrogen-bond donors (Lipinski definition) is 4. The van der Waals surface area contributed by atoms with Crippen molar-refractivity contribution in [3.05, 3.63) is 54.1 Å². The van der Waals surface area contributed by atoms with Gasteiger partial charge in [0.2, 0.25) is 0 Å². The van der Waals surface area contributed by atoms with Crippen LogP contribution in [0.2, 0.25) is 0 Å². The highest BCUT2D eigenvalue weighted by Gasteiger charge is 2.15. The van der Waals surface area contributed by atoms with Gasteiger partial charge in [0.05, 0.1) is 5.52 Å². The lowest BCUT2D eigenvalue weighted by atomic mass is 10.0. The van der Waals surface area contributed by atoms with Crippen molar-refractivity contribution in [2.75, 3.05) is 13.2 Å². The van der Waals surface area contributed by atoms with Gasteiger partial charge in [-0.2, -0.15) is 0 Å². The molecule has 4 rings (SSSR count). The van der Waals surface area contributed by atoms with Crippen LogP contribution in [0.15, 0.2) is 48.5 Å². The zero-order chi connectivity index (χ0) is 16.7. The first-order valence-corrected chi connectivity index (χ1v) is 7.82. The largest absolute Gasteiger partial charge is 0.507 e. The van der Waals surface area contributed by atoms with E-state index in [1.165, 1.54) is 0 Å². The number of para-hydroxylation sites is 1. The molecule has 1 atom stereocenters. The van der Waals surface area contributed by atoms with Gasteiger partial charge < -0.3 is 15.2 Å². The Bertz CT molecular complexity index is 1040. The predicted octanol–water partition coefficient (Wildman–Crippen LogP) is 3.73. The van der Waals surface area contributed by atoms with Gasteiger partial charge in [-0.1, -0.05) is 30.3 Å². The van der Waals surface area contributed by atoms with Crippen LogP contribution in [0.5, 0.6) is 5.75 Å². The summed E-state index contributed by atoms with van der Waals surface area (Å²) in [5.74, 6) is -0.0208. The van der Waals surface area contributed by atoms with Crippen LogP contribution in [-0.2, 0) is 0 Å². The third kappa shape index (κ3) is 2.29. The number of nitrogens with one attached hydrogen (secondary N) is 2. The van der Waals surface area contributed by atoms with Gasteiger partial charge in [0, 0.05) is 33.8 Å². The zero-order valence-electron chi connectivity index (χ0n) is 12.9. The number of rotatable bonds is 4. The number of benzene rings is 3. The van der Waals surface area contributed by atoms with E-state index >= 15 is 0 Å². The molecular weight excluding hydrogens is 307 g/mol. The molecule has 0 bridgehead atoms. The molecule has 1 aromatic heterocycles. The van der Waals surface area contributed by atoms with Crippen LogP contribution in [0.25, 0.3) is 32.6 Å². The quantitative estimate of drug-likeness (QED) is 0.432. The SMILES string of the molecule is Oc1cc2c(ccc3c4ccccc4[nH]c23)cc1C(O)NCCF. The summed E-state index contributed by atoms with van der Waals surface area (Å²) in [7, 11) is 0. The van der Waals surface area contributed by atoms with E-state index in [0.717, 1.165) is 32.6 Å². The van der Waals surface area contributed by atoms with Crippen molar-refractivity contribution in [1.82, 2.24) is 10.3 Å². The van der Waals surface area contributed by atoms with Crippen LogP contribution in [0.4, 0.5) is 4.39 Å². The van der Waals surface area contributed by atoms with E-state index in [1.807, 2.05) is 30.3 Å². The summed E-state index contributed by atoms with van der Waals surface area (Å²) in [5, 5.41) is 27.0. The van der Waals surface area contributed by atoms with Crippen molar-refractivity contribution in [3.63, 3.8) is 0 Å². The van der Waals surface area contributed by atoms with Crippen LogP contribution >= 0.6 is 0 Å². The first-order valence-electron chi connectivity index (χ1n) is 7.82. The smallest absolute Gasteiger partial charge is 0.134 e. The molecule has 4 N–H and O–H groups in total. The molecule has 1 heterocycles. The van der Waals surface area contributed by atoms with E-state index < -0.39 is 12.9 Å². The molecule has 122 valence electrons. The highest BCUT2D eigenvalue weighted by atomic mass is 19.1. The van der Waals surface area contributed by atoms with Crippen LogP contribution in [0.1, 0.15) is 11.8 Å². The lowest BCUT2D eigenvalue weighted by molar-refractivity contribution is 0.133. The summed E-state index contributed by atoms with van der Waals surface area (Å²) in [4.78, 5) is 3.39. The van der Waals surface area contributed by atoms with Crippen LogP contribution in [0, 0.1) is 0 Å². The minimum absolute atomic E-state index is 0.0208. The van der Waals surface area contributed by atoms with Crippen LogP contribution < -0.4 is 5.32 Å². The maximum atomic E-state index is 12.3. The van der Waals surface area contributed by atoms with Gasteiger partial charge >= 0.3 is 0 Å². The Labute approximate surface area is 137 Å². The summed E-state index contributed by atoms with van der Waals surface area (Å²) >= 11 is 0. The standard InChI is InChI=1S/C19H17FN2O2/c20-7-8-21-19(24)15-9-11-5-6-13-12-3-1-2-4-16(12)22-18(13)14(11)10-17(15)23/h1-6,9-10,19,21-24H,7-8H2. The molecule has 0 amide bonds. The lowest BCUT2D eigenvalue weighted by Crippen LogP contribution is -2.23. The zero-order valence-corrected chi connectivity index (χ0v) is 12.9. The normalized spacial score (nSPS) is 13.1. The number of fused-ring (bicyclic) bond motifs is 5. The number of H-pyrrole nitrogens is 1. The van der Waals surface area contributed by atoms with E-state index in [-0.39, 0.29) is 12.3 Å². The molecule has 0 aliphatic carbocycles. The van der Waals surface area contributed by atoms with Gasteiger partial charge in [0.1, 0.15) is 18.7 Å². The molecule has 1 unspecified atom stereocenters. The van der Waals surface area contributed by atoms with Crippen LogP contribution in [-0.4, -0.2) is 28.4 Å². The van der Waals surface area contributed by atoms with Gasteiger partial charge in [0.25, 0.3) is 0 Å². The fourth-order valence-electron chi connectivity index (χ4n) is 3.22. The first kappa shape index (κ1) is 14.9. The van der Waals surface area contributed by atoms with Crippen molar-refractivity contribution in [3.8, 4) is 5.75 Å². The number of aliphatic hydroxyl groups excluding tert-OH is 1. The number of aromatic amines is 1. The van der Waals surface area contributed by atoms with Gasteiger partial charge in [-0.3, -0.25) is 5.32 Å². The average Bonchev–Trinajstić information content (AvgIpc) is 2.98. The number of hydrogen-bond acceptors (Lipinski definition) is 3. The molecule has 4 aromatic rings. The number of aromatic nitrogens is 1.